The number of aromatic nitrogens is 1. The van der Waals surface area contributed by atoms with Crippen LogP contribution in [0.2, 0.25) is 0 Å². The summed E-state index contributed by atoms with van der Waals surface area (Å²) < 4.78 is 30.6. The average molecular weight is 334 g/mol. The quantitative estimate of drug-likeness (QED) is 0.851. The van der Waals surface area contributed by atoms with Crippen LogP contribution in [0.1, 0.15) is 24.1 Å². The fourth-order valence-corrected chi connectivity index (χ4v) is 4.22. The smallest absolute Gasteiger partial charge is 0.161 e. The highest BCUT2D eigenvalue weighted by Gasteiger charge is 2.28. The monoisotopic (exact) mass is 333 g/mol. The lowest BCUT2D eigenvalue weighted by Gasteiger charge is -2.22. The van der Waals surface area contributed by atoms with Crippen molar-refractivity contribution in [2.75, 3.05) is 13.2 Å². The molecule has 1 aromatic rings. The van der Waals surface area contributed by atoms with Gasteiger partial charge in [0.15, 0.2) is 9.84 Å². The molecule has 2 heterocycles. The fourth-order valence-electron chi connectivity index (χ4n) is 2.02. The summed E-state index contributed by atoms with van der Waals surface area (Å²) in [6.07, 6.45) is 3.14. The molecule has 100 valence electrons. The first-order valence-corrected chi connectivity index (χ1v) is 8.40. The predicted octanol–water partition coefficient (Wildman–Crippen LogP) is 2.25. The maximum atomic E-state index is 12.3. The third kappa shape index (κ3) is 3.30. The van der Waals surface area contributed by atoms with Gasteiger partial charge in [0.1, 0.15) is 0 Å². The molecule has 1 aromatic heterocycles. The van der Waals surface area contributed by atoms with Crippen LogP contribution in [0.25, 0.3) is 0 Å². The molecule has 0 aliphatic carbocycles. The second kappa shape index (κ2) is 5.67. The minimum Gasteiger partial charge on any atom is -0.380 e. The molecule has 0 N–H and O–H groups in total. The van der Waals surface area contributed by atoms with E-state index in [4.69, 9.17) is 4.74 Å². The van der Waals surface area contributed by atoms with Gasteiger partial charge >= 0.3 is 0 Å². The van der Waals surface area contributed by atoms with Crippen LogP contribution in [-0.4, -0.2) is 31.9 Å². The van der Waals surface area contributed by atoms with Crippen molar-refractivity contribution in [1.29, 1.82) is 0 Å². The largest absolute Gasteiger partial charge is 0.380 e. The van der Waals surface area contributed by atoms with Gasteiger partial charge < -0.3 is 4.74 Å². The van der Waals surface area contributed by atoms with Gasteiger partial charge in [0.25, 0.3) is 0 Å². The minimum absolute atomic E-state index is 0.000139. The van der Waals surface area contributed by atoms with Gasteiger partial charge in [-0.25, -0.2) is 8.42 Å². The summed E-state index contributed by atoms with van der Waals surface area (Å²) in [6, 6.07) is 1.88. The highest BCUT2D eigenvalue weighted by Crippen LogP contribution is 2.21. The molecule has 0 radical (unpaired) electrons. The first kappa shape index (κ1) is 14.0. The van der Waals surface area contributed by atoms with Crippen LogP contribution in [-0.2, 0) is 20.3 Å². The van der Waals surface area contributed by atoms with E-state index in [0.29, 0.717) is 25.3 Å². The molecule has 0 saturated carbocycles. The Kier molecular flexibility index (Phi) is 4.40. The van der Waals surface area contributed by atoms with Gasteiger partial charge in [0.05, 0.1) is 23.3 Å². The van der Waals surface area contributed by atoms with Gasteiger partial charge in [-0.2, -0.15) is 0 Å². The van der Waals surface area contributed by atoms with Gasteiger partial charge in [0.2, 0.25) is 0 Å². The Balaban J connectivity index is 2.16. The maximum Gasteiger partial charge on any atom is 0.161 e. The Morgan fingerprint density at radius 3 is 2.94 bits per heavy atom. The van der Waals surface area contributed by atoms with E-state index in [2.05, 4.69) is 20.9 Å². The van der Waals surface area contributed by atoms with Crippen LogP contribution in [0.5, 0.6) is 0 Å². The lowest BCUT2D eigenvalue weighted by Crippen LogP contribution is -2.32. The van der Waals surface area contributed by atoms with Crippen LogP contribution in [0, 0.1) is 6.92 Å². The van der Waals surface area contributed by atoms with Gasteiger partial charge in [-0.1, -0.05) is 0 Å². The highest BCUT2D eigenvalue weighted by molar-refractivity contribution is 9.10. The van der Waals surface area contributed by atoms with Gasteiger partial charge in [0, 0.05) is 17.3 Å². The van der Waals surface area contributed by atoms with E-state index in [0.717, 1.165) is 16.5 Å². The summed E-state index contributed by atoms with van der Waals surface area (Å²) in [6.45, 7) is 2.86. The highest BCUT2D eigenvalue weighted by atomic mass is 79.9. The van der Waals surface area contributed by atoms with Gasteiger partial charge in [-0.15, -0.1) is 0 Å². The summed E-state index contributed by atoms with van der Waals surface area (Å²) in [5.74, 6) is 0.000139. The molecular weight excluding hydrogens is 318 g/mol. The zero-order valence-electron chi connectivity index (χ0n) is 10.2. The van der Waals surface area contributed by atoms with Crippen LogP contribution in [0.3, 0.4) is 0 Å². The van der Waals surface area contributed by atoms with Crippen molar-refractivity contribution in [3.8, 4) is 0 Å². The maximum absolute atomic E-state index is 12.3. The Morgan fingerprint density at radius 2 is 2.33 bits per heavy atom. The molecule has 0 spiro atoms. The minimum atomic E-state index is -3.17. The van der Waals surface area contributed by atoms with Crippen LogP contribution >= 0.6 is 15.9 Å². The number of rotatable bonds is 3. The van der Waals surface area contributed by atoms with E-state index >= 15 is 0 Å². The number of hydrogen-bond acceptors (Lipinski definition) is 4. The predicted molar refractivity (Wildman–Crippen MR) is 73.1 cm³/mol. The second-order valence-corrected chi connectivity index (χ2v) is 7.76. The van der Waals surface area contributed by atoms with E-state index in [1.54, 1.807) is 6.20 Å². The number of hydrogen-bond donors (Lipinski definition) is 0. The summed E-state index contributed by atoms with van der Waals surface area (Å²) in [4.78, 5) is 4.19. The number of ether oxygens (including phenoxy) is 1. The fraction of sp³-hybridized carbons (Fsp3) is 0.583. The average Bonchev–Trinajstić information content (AvgIpc) is 2.34. The summed E-state index contributed by atoms with van der Waals surface area (Å²) >= 11 is 3.32. The standard InChI is InChI=1S/C12H16BrNO3S/c1-9-5-10(13)6-14-12(9)8-18(15,16)11-3-2-4-17-7-11/h5-6,11H,2-4,7-8H2,1H3. The molecule has 4 nitrogen and oxygen atoms in total. The van der Waals surface area contributed by atoms with E-state index in [1.807, 2.05) is 13.0 Å². The van der Waals surface area contributed by atoms with Crippen LogP contribution in [0.4, 0.5) is 0 Å². The van der Waals surface area contributed by atoms with Crippen molar-refractivity contribution >= 4 is 25.8 Å². The number of nitrogens with zero attached hydrogens (tertiary/aromatic N) is 1. The van der Waals surface area contributed by atoms with Crippen molar-refractivity contribution < 1.29 is 13.2 Å². The SMILES string of the molecule is Cc1cc(Br)cnc1CS(=O)(=O)C1CCCOC1. The van der Waals surface area contributed by atoms with Crippen LogP contribution < -0.4 is 0 Å². The van der Waals surface area contributed by atoms with E-state index in [1.165, 1.54) is 0 Å². The number of aryl methyl sites for hydroxylation is 1. The van der Waals surface area contributed by atoms with Crippen molar-refractivity contribution in [1.82, 2.24) is 4.98 Å². The first-order chi connectivity index (χ1) is 8.49. The van der Waals surface area contributed by atoms with Gasteiger partial charge in [-0.05, 0) is 47.3 Å². The summed E-state index contributed by atoms with van der Waals surface area (Å²) in [5.41, 5.74) is 1.52. The Hall–Kier alpha value is -0.460. The number of pyridine rings is 1. The molecule has 0 bridgehead atoms. The Labute approximate surface area is 116 Å². The molecular formula is C12H16BrNO3S. The third-order valence-electron chi connectivity index (χ3n) is 3.12. The van der Waals surface area contributed by atoms with Crippen molar-refractivity contribution in [3.63, 3.8) is 0 Å². The molecule has 1 unspecified atom stereocenters. The second-order valence-electron chi connectivity index (χ2n) is 4.56. The molecule has 1 saturated heterocycles. The molecule has 1 aliphatic heterocycles. The summed E-state index contributed by atoms with van der Waals surface area (Å²) in [5, 5.41) is -0.379. The Bertz CT molecular complexity index is 524. The number of halogens is 1. The zero-order chi connectivity index (χ0) is 13.2. The molecule has 1 fully saturated rings. The molecule has 2 rings (SSSR count). The van der Waals surface area contributed by atoms with Crippen molar-refractivity contribution in [2.24, 2.45) is 0 Å². The molecule has 0 amide bonds. The first-order valence-electron chi connectivity index (χ1n) is 5.89. The van der Waals surface area contributed by atoms with Crippen molar-refractivity contribution in [2.45, 2.75) is 30.8 Å². The Morgan fingerprint density at radius 1 is 1.56 bits per heavy atom. The zero-order valence-corrected chi connectivity index (χ0v) is 12.6. The topological polar surface area (TPSA) is 56.3 Å². The van der Waals surface area contributed by atoms with E-state index < -0.39 is 9.84 Å². The van der Waals surface area contributed by atoms with Gasteiger partial charge in [-0.3, -0.25) is 4.98 Å². The lowest BCUT2D eigenvalue weighted by molar-refractivity contribution is 0.0990. The summed E-state index contributed by atoms with van der Waals surface area (Å²) in [7, 11) is -3.17. The van der Waals surface area contributed by atoms with Crippen LogP contribution in [0.15, 0.2) is 16.7 Å². The van der Waals surface area contributed by atoms with Crippen molar-refractivity contribution in [3.05, 3.63) is 28.0 Å². The molecule has 0 aromatic carbocycles. The lowest BCUT2D eigenvalue weighted by atomic mass is 10.2. The number of sulfone groups is 1. The third-order valence-corrected chi connectivity index (χ3v) is 5.61. The molecule has 1 aliphatic rings. The van der Waals surface area contributed by atoms with E-state index in [-0.39, 0.29) is 11.0 Å². The molecule has 18 heavy (non-hydrogen) atoms. The molecule has 6 heteroatoms. The molecule has 1 atom stereocenters. The normalized spacial score (nSPS) is 20.9. The van der Waals surface area contributed by atoms with E-state index in [9.17, 15) is 8.42 Å².